The highest BCUT2D eigenvalue weighted by Gasteiger charge is 2.28. The average Bonchev–Trinajstić information content (AvgIpc) is 3.19. The van der Waals surface area contributed by atoms with Gasteiger partial charge in [-0.1, -0.05) is 0 Å². The van der Waals surface area contributed by atoms with Crippen LogP contribution in [-0.4, -0.2) is 71.0 Å². The Morgan fingerprint density at radius 1 is 1.31 bits per heavy atom. The Kier molecular flexibility index (Phi) is 4.68. The van der Waals surface area contributed by atoms with E-state index in [4.69, 9.17) is 10.5 Å². The van der Waals surface area contributed by atoms with Crippen LogP contribution in [0.2, 0.25) is 0 Å². The SMILES string of the molecule is NC1=NC(=Cc2c[nH]c3ncccc23)C(=O)N1CCCN1CCOCC1. The number of hydrogen-bond acceptors (Lipinski definition) is 6. The van der Waals surface area contributed by atoms with E-state index in [1.807, 2.05) is 18.3 Å². The Balaban J connectivity index is 1.42. The van der Waals surface area contributed by atoms with Gasteiger partial charge in [-0.3, -0.25) is 14.6 Å². The molecule has 2 aromatic heterocycles. The van der Waals surface area contributed by atoms with Crippen molar-refractivity contribution in [2.75, 3.05) is 39.4 Å². The Bertz CT molecular complexity index is 865. The molecule has 8 heteroatoms. The molecule has 3 N–H and O–H groups in total. The number of hydrogen-bond donors (Lipinski definition) is 2. The van der Waals surface area contributed by atoms with Gasteiger partial charge >= 0.3 is 0 Å². The van der Waals surface area contributed by atoms with Gasteiger partial charge in [0.05, 0.1) is 13.2 Å². The van der Waals surface area contributed by atoms with Crippen LogP contribution in [0.1, 0.15) is 12.0 Å². The van der Waals surface area contributed by atoms with Crippen molar-refractivity contribution in [3.63, 3.8) is 0 Å². The highest BCUT2D eigenvalue weighted by atomic mass is 16.5. The maximum atomic E-state index is 12.7. The number of nitrogens with zero attached hydrogens (tertiary/aromatic N) is 4. The molecular formula is C18H22N6O2. The van der Waals surface area contributed by atoms with Crippen LogP contribution in [0.5, 0.6) is 0 Å². The number of rotatable bonds is 5. The first-order valence-corrected chi connectivity index (χ1v) is 8.82. The lowest BCUT2D eigenvalue weighted by Gasteiger charge is -2.27. The Morgan fingerprint density at radius 2 is 2.15 bits per heavy atom. The number of H-pyrrole nitrogens is 1. The molecule has 2 aromatic rings. The number of fused-ring (bicyclic) bond motifs is 1. The Morgan fingerprint density at radius 3 is 3.00 bits per heavy atom. The molecule has 2 aliphatic heterocycles. The smallest absolute Gasteiger partial charge is 0.279 e. The predicted molar refractivity (Wildman–Crippen MR) is 99.3 cm³/mol. The summed E-state index contributed by atoms with van der Waals surface area (Å²) >= 11 is 0. The van der Waals surface area contributed by atoms with Crippen molar-refractivity contribution in [3.05, 3.63) is 35.8 Å². The van der Waals surface area contributed by atoms with E-state index in [0.29, 0.717) is 12.2 Å². The van der Waals surface area contributed by atoms with Crippen molar-refractivity contribution < 1.29 is 9.53 Å². The summed E-state index contributed by atoms with van der Waals surface area (Å²) in [7, 11) is 0. The number of guanidine groups is 1. The predicted octanol–water partition coefficient (Wildman–Crippen LogP) is 0.783. The summed E-state index contributed by atoms with van der Waals surface area (Å²) in [5.41, 5.74) is 8.00. The fourth-order valence-electron chi connectivity index (χ4n) is 3.31. The minimum Gasteiger partial charge on any atom is -0.379 e. The van der Waals surface area contributed by atoms with E-state index in [9.17, 15) is 4.79 Å². The zero-order chi connectivity index (χ0) is 17.9. The number of aromatic nitrogens is 2. The fourth-order valence-corrected chi connectivity index (χ4v) is 3.31. The van der Waals surface area contributed by atoms with Crippen LogP contribution in [0.15, 0.2) is 35.2 Å². The molecule has 1 fully saturated rings. The van der Waals surface area contributed by atoms with Crippen LogP contribution in [0, 0.1) is 0 Å². The number of carbonyl (C=O) groups excluding carboxylic acids is 1. The van der Waals surface area contributed by atoms with E-state index < -0.39 is 0 Å². The second-order valence-electron chi connectivity index (χ2n) is 6.41. The summed E-state index contributed by atoms with van der Waals surface area (Å²) in [6.45, 7) is 4.93. The number of aromatic amines is 1. The molecule has 0 unspecified atom stereocenters. The van der Waals surface area contributed by atoms with Gasteiger partial charge in [0.1, 0.15) is 11.3 Å². The van der Waals surface area contributed by atoms with Crippen molar-refractivity contribution in [2.45, 2.75) is 6.42 Å². The minimum absolute atomic E-state index is 0.150. The van der Waals surface area contributed by atoms with E-state index in [2.05, 4.69) is 19.9 Å². The molecule has 1 amide bonds. The molecule has 0 radical (unpaired) electrons. The largest absolute Gasteiger partial charge is 0.379 e. The summed E-state index contributed by atoms with van der Waals surface area (Å²) in [6.07, 6.45) is 6.16. The van der Waals surface area contributed by atoms with Crippen molar-refractivity contribution in [1.29, 1.82) is 0 Å². The molecule has 1 saturated heterocycles. The topological polar surface area (TPSA) is 99.8 Å². The zero-order valence-electron chi connectivity index (χ0n) is 14.5. The monoisotopic (exact) mass is 354 g/mol. The van der Waals surface area contributed by atoms with Crippen LogP contribution in [0.3, 0.4) is 0 Å². The number of pyridine rings is 1. The molecule has 0 bridgehead atoms. The van der Waals surface area contributed by atoms with Gasteiger partial charge in [0.15, 0.2) is 0 Å². The van der Waals surface area contributed by atoms with E-state index in [-0.39, 0.29) is 11.9 Å². The van der Waals surface area contributed by atoms with Crippen LogP contribution < -0.4 is 5.73 Å². The van der Waals surface area contributed by atoms with Crippen LogP contribution in [0.4, 0.5) is 0 Å². The lowest BCUT2D eigenvalue weighted by atomic mass is 10.2. The Labute approximate surface area is 151 Å². The number of carbonyl (C=O) groups is 1. The maximum Gasteiger partial charge on any atom is 0.279 e. The molecular weight excluding hydrogens is 332 g/mol. The molecule has 0 aromatic carbocycles. The number of ether oxygens (including phenoxy) is 1. The summed E-state index contributed by atoms with van der Waals surface area (Å²) in [4.78, 5) is 28.2. The van der Waals surface area contributed by atoms with Gasteiger partial charge in [0.2, 0.25) is 5.96 Å². The molecule has 0 spiro atoms. The average molecular weight is 354 g/mol. The van der Waals surface area contributed by atoms with Crippen LogP contribution in [0.25, 0.3) is 17.1 Å². The normalized spacial score (nSPS) is 20.3. The first-order valence-electron chi connectivity index (χ1n) is 8.82. The van der Waals surface area contributed by atoms with E-state index >= 15 is 0 Å². The van der Waals surface area contributed by atoms with Crippen molar-refractivity contribution >= 4 is 29.0 Å². The summed E-state index contributed by atoms with van der Waals surface area (Å²) in [5.74, 6) is 0.115. The first-order chi connectivity index (χ1) is 12.7. The lowest BCUT2D eigenvalue weighted by Crippen LogP contribution is -2.41. The molecule has 0 saturated carbocycles. The second kappa shape index (κ2) is 7.27. The molecule has 26 heavy (non-hydrogen) atoms. The van der Waals surface area contributed by atoms with Crippen molar-refractivity contribution in [3.8, 4) is 0 Å². The molecule has 0 aliphatic carbocycles. The van der Waals surface area contributed by atoms with Crippen molar-refractivity contribution in [2.24, 2.45) is 10.7 Å². The lowest BCUT2D eigenvalue weighted by molar-refractivity contribution is -0.122. The number of nitrogens with one attached hydrogen (secondary N) is 1. The molecule has 4 heterocycles. The third-order valence-corrected chi connectivity index (χ3v) is 4.71. The number of amides is 1. The number of aliphatic imine (C=N–C) groups is 1. The summed E-state index contributed by atoms with van der Waals surface area (Å²) < 4.78 is 5.35. The molecule has 8 nitrogen and oxygen atoms in total. The van der Waals surface area contributed by atoms with E-state index in [0.717, 1.165) is 55.9 Å². The van der Waals surface area contributed by atoms with Gasteiger partial charge in [0.25, 0.3) is 5.91 Å². The quantitative estimate of drug-likeness (QED) is 0.773. The molecule has 4 rings (SSSR count). The van der Waals surface area contributed by atoms with Gasteiger partial charge in [-0.2, -0.15) is 0 Å². The highest BCUT2D eigenvalue weighted by Crippen LogP contribution is 2.22. The van der Waals surface area contributed by atoms with Gasteiger partial charge in [-0.15, -0.1) is 0 Å². The van der Waals surface area contributed by atoms with Gasteiger partial charge < -0.3 is 15.5 Å². The summed E-state index contributed by atoms with van der Waals surface area (Å²) in [5, 5.41) is 0.951. The third-order valence-electron chi connectivity index (χ3n) is 4.71. The molecule has 136 valence electrons. The molecule has 2 aliphatic rings. The number of nitrogens with two attached hydrogens (primary N) is 1. The maximum absolute atomic E-state index is 12.7. The molecule has 0 atom stereocenters. The van der Waals surface area contributed by atoms with E-state index in [1.165, 1.54) is 0 Å². The van der Waals surface area contributed by atoms with E-state index in [1.54, 1.807) is 17.2 Å². The summed E-state index contributed by atoms with van der Waals surface area (Å²) in [6, 6.07) is 3.82. The third kappa shape index (κ3) is 3.33. The van der Waals surface area contributed by atoms with Gasteiger partial charge in [0, 0.05) is 49.5 Å². The van der Waals surface area contributed by atoms with Crippen LogP contribution in [-0.2, 0) is 9.53 Å². The number of morpholine rings is 1. The second-order valence-corrected chi connectivity index (χ2v) is 6.41. The minimum atomic E-state index is -0.150. The van der Waals surface area contributed by atoms with Gasteiger partial charge in [-0.25, -0.2) is 9.98 Å². The first kappa shape index (κ1) is 16.7. The zero-order valence-corrected chi connectivity index (χ0v) is 14.5. The fraction of sp³-hybridized carbons (Fsp3) is 0.389. The van der Waals surface area contributed by atoms with Crippen molar-refractivity contribution in [1.82, 2.24) is 19.8 Å². The standard InChI is InChI=1S/C18H22N6O2/c19-18-22-15(11-13-12-21-16-14(13)3-1-4-20-16)17(25)24(18)6-2-5-23-7-9-26-10-8-23/h1,3-4,11-12H,2,5-10H2,(H2,19,22)(H,20,21). The van der Waals surface area contributed by atoms with Gasteiger partial charge in [-0.05, 0) is 24.6 Å². The van der Waals surface area contributed by atoms with Crippen LogP contribution >= 0.6 is 0 Å². The Hall–Kier alpha value is -2.71. The highest BCUT2D eigenvalue weighted by molar-refractivity contribution is 6.13.